The molecule has 3 aromatic rings. The molecule has 0 saturated heterocycles. The molecule has 3 rings (SSSR count). The maximum atomic E-state index is 12.8. The molecule has 0 spiro atoms. The molecular weight excluding hydrogens is 452 g/mol. The topological polar surface area (TPSA) is 58.2 Å². The van der Waals surface area contributed by atoms with Gasteiger partial charge in [0.05, 0.1) is 5.25 Å². The van der Waals surface area contributed by atoms with Gasteiger partial charge < -0.3 is 10.6 Å². The van der Waals surface area contributed by atoms with Crippen molar-refractivity contribution in [1.82, 2.24) is 0 Å². The number of nitrogens with one attached hydrogen (secondary N) is 2. The van der Waals surface area contributed by atoms with E-state index in [2.05, 4.69) is 31.4 Å². The second-order valence-corrected chi connectivity index (χ2v) is 10.5. The second-order valence-electron chi connectivity index (χ2n) is 8.82. The SMILES string of the molecule is CC[C@@H](Sc1ccc(Cl)cc1)C(=O)Nc1cccc(NC(=O)c2ccc(C(C)(C)C)cc2)c1. The number of benzene rings is 3. The first-order valence-electron chi connectivity index (χ1n) is 10.9. The predicted molar refractivity (Wildman–Crippen MR) is 140 cm³/mol. The van der Waals surface area contributed by atoms with Crippen LogP contribution in [0.5, 0.6) is 0 Å². The van der Waals surface area contributed by atoms with Gasteiger partial charge in [-0.25, -0.2) is 0 Å². The number of hydrogen-bond acceptors (Lipinski definition) is 3. The van der Waals surface area contributed by atoms with E-state index in [0.29, 0.717) is 28.4 Å². The summed E-state index contributed by atoms with van der Waals surface area (Å²) in [5.41, 5.74) is 3.05. The number of carbonyl (C=O) groups excluding carboxylic acids is 2. The average molecular weight is 481 g/mol. The van der Waals surface area contributed by atoms with Crippen LogP contribution >= 0.6 is 23.4 Å². The number of hydrogen-bond donors (Lipinski definition) is 2. The molecule has 33 heavy (non-hydrogen) atoms. The molecule has 0 bridgehead atoms. The van der Waals surface area contributed by atoms with Crippen molar-refractivity contribution in [2.45, 2.75) is 49.7 Å². The molecule has 0 radical (unpaired) electrons. The highest BCUT2D eigenvalue weighted by Crippen LogP contribution is 2.28. The summed E-state index contributed by atoms with van der Waals surface area (Å²) in [6.45, 7) is 8.39. The van der Waals surface area contributed by atoms with E-state index in [4.69, 9.17) is 11.6 Å². The molecule has 0 aliphatic heterocycles. The van der Waals surface area contributed by atoms with Crippen molar-refractivity contribution in [3.63, 3.8) is 0 Å². The summed E-state index contributed by atoms with van der Waals surface area (Å²) in [7, 11) is 0. The van der Waals surface area contributed by atoms with Crippen molar-refractivity contribution < 1.29 is 9.59 Å². The fourth-order valence-electron chi connectivity index (χ4n) is 3.22. The molecule has 0 aromatic heterocycles. The average Bonchev–Trinajstić information content (AvgIpc) is 2.78. The van der Waals surface area contributed by atoms with E-state index in [0.717, 1.165) is 4.90 Å². The predicted octanol–water partition coefficient (Wildman–Crippen LogP) is 7.40. The zero-order valence-corrected chi connectivity index (χ0v) is 20.9. The first-order valence-corrected chi connectivity index (χ1v) is 12.2. The first kappa shape index (κ1) is 24.9. The Hall–Kier alpha value is -2.76. The Morgan fingerprint density at radius 2 is 1.52 bits per heavy atom. The zero-order valence-electron chi connectivity index (χ0n) is 19.3. The van der Waals surface area contributed by atoms with Gasteiger partial charge in [0.15, 0.2) is 0 Å². The maximum absolute atomic E-state index is 12.8. The molecule has 2 N–H and O–H groups in total. The van der Waals surface area contributed by atoms with Crippen LogP contribution in [0.2, 0.25) is 5.02 Å². The van der Waals surface area contributed by atoms with Gasteiger partial charge >= 0.3 is 0 Å². The normalized spacial score (nSPS) is 12.2. The van der Waals surface area contributed by atoms with Crippen LogP contribution in [0.25, 0.3) is 0 Å². The maximum Gasteiger partial charge on any atom is 0.255 e. The lowest BCUT2D eigenvalue weighted by molar-refractivity contribution is -0.115. The molecule has 6 heteroatoms. The van der Waals surface area contributed by atoms with E-state index >= 15 is 0 Å². The summed E-state index contributed by atoms with van der Waals surface area (Å²) < 4.78 is 0. The fraction of sp³-hybridized carbons (Fsp3) is 0.259. The molecule has 1 atom stereocenters. The third-order valence-corrected chi connectivity index (χ3v) is 6.78. The van der Waals surface area contributed by atoms with Crippen molar-refractivity contribution in [2.24, 2.45) is 0 Å². The standard InChI is InChI=1S/C27H29ClN2O2S/c1-5-24(33-23-15-13-20(28)14-16-23)26(32)30-22-8-6-7-21(17-22)29-25(31)18-9-11-19(12-10-18)27(2,3)4/h6-17,24H,5H2,1-4H3,(H,29,31)(H,30,32)/t24-/m1/s1. The van der Waals surface area contributed by atoms with Crippen LogP contribution in [0, 0.1) is 0 Å². The monoisotopic (exact) mass is 480 g/mol. The highest BCUT2D eigenvalue weighted by molar-refractivity contribution is 8.00. The van der Waals surface area contributed by atoms with Crippen LogP contribution in [0.4, 0.5) is 11.4 Å². The van der Waals surface area contributed by atoms with Crippen molar-refractivity contribution in [2.75, 3.05) is 10.6 Å². The third-order valence-electron chi connectivity index (χ3n) is 5.16. The van der Waals surface area contributed by atoms with Crippen LogP contribution in [-0.4, -0.2) is 17.1 Å². The molecule has 0 fully saturated rings. The Morgan fingerprint density at radius 1 is 0.909 bits per heavy atom. The van der Waals surface area contributed by atoms with Crippen molar-refractivity contribution in [3.8, 4) is 0 Å². The molecular formula is C27H29ClN2O2S. The zero-order chi connectivity index (χ0) is 24.0. The van der Waals surface area contributed by atoms with Crippen LogP contribution in [0.3, 0.4) is 0 Å². The summed E-state index contributed by atoms with van der Waals surface area (Å²) in [4.78, 5) is 26.5. The molecule has 0 unspecified atom stereocenters. The number of anilines is 2. The Morgan fingerprint density at radius 3 is 2.09 bits per heavy atom. The van der Waals surface area contributed by atoms with Gasteiger partial charge in [0.2, 0.25) is 5.91 Å². The van der Waals surface area contributed by atoms with Gasteiger partial charge in [-0.3, -0.25) is 9.59 Å². The van der Waals surface area contributed by atoms with Crippen LogP contribution in [-0.2, 0) is 10.2 Å². The van der Waals surface area contributed by atoms with Gasteiger partial charge in [-0.2, -0.15) is 0 Å². The molecule has 4 nitrogen and oxygen atoms in total. The van der Waals surface area contributed by atoms with Crippen LogP contribution in [0.15, 0.2) is 77.7 Å². The highest BCUT2D eigenvalue weighted by Gasteiger charge is 2.19. The van der Waals surface area contributed by atoms with Crippen molar-refractivity contribution in [1.29, 1.82) is 0 Å². The van der Waals surface area contributed by atoms with Gasteiger partial charge in [-0.15, -0.1) is 11.8 Å². The lowest BCUT2D eigenvalue weighted by Crippen LogP contribution is -2.24. The van der Waals surface area contributed by atoms with Gasteiger partial charge in [-0.1, -0.05) is 57.5 Å². The first-order chi connectivity index (χ1) is 15.7. The second kappa shape index (κ2) is 10.9. The van der Waals surface area contributed by atoms with Crippen molar-refractivity contribution in [3.05, 3.63) is 88.9 Å². The minimum atomic E-state index is -0.245. The van der Waals surface area contributed by atoms with Crippen LogP contribution < -0.4 is 10.6 Å². The lowest BCUT2D eigenvalue weighted by atomic mass is 9.87. The van der Waals surface area contributed by atoms with E-state index in [9.17, 15) is 9.59 Å². The van der Waals surface area contributed by atoms with E-state index in [1.165, 1.54) is 17.3 Å². The highest BCUT2D eigenvalue weighted by atomic mass is 35.5. The molecule has 0 aliphatic rings. The third kappa shape index (κ3) is 7.11. The number of rotatable bonds is 7. The summed E-state index contributed by atoms with van der Waals surface area (Å²) >= 11 is 7.45. The van der Waals surface area contributed by atoms with E-state index < -0.39 is 0 Å². The minimum Gasteiger partial charge on any atom is -0.325 e. The number of carbonyl (C=O) groups is 2. The molecule has 0 heterocycles. The van der Waals surface area contributed by atoms with Crippen LogP contribution in [0.1, 0.15) is 50.0 Å². The van der Waals surface area contributed by atoms with E-state index in [1.807, 2.05) is 61.5 Å². The Balaban J connectivity index is 1.64. The van der Waals surface area contributed by atoms with Gasteiger partial charge in [0.25, 0.3) is 5.91 Å². The molecule has 3 aromatic carbocycles. The fourth-order valence-corrected chi connectivity index (χ4v) is 4.30. The molecule has 0 saturated carbocycles. The number of halogens is 1. The summed E-state index contributed by atoms with van der Waals surface area (Å²) in [6.07, 6.45) is 0.681. The molecule has 0 aliphatic carbocycles. The quantitative estimate of drug-likeness (QED) is 0.346. The summed E-state index contributed by atoms with van der Waals surface area (Å²) in [5.74, 6) is -0.276. The molecule has 2 amide bonds. The van der Waals surface area contributed by atoms with E-state index in [1.54, 1.807) is 18.2 Å². The summed E-state index contributed by atoms with van der Waals surface area (Å²) in [6, 6.07) is 22.3. The minimum absolute atomic E-state index is 0.0315. The Kier molecular flexibility index (Phi) is 8.22. The smallest absolute Gasteiger partial charge is 0.255 e. The largest absolute Gasteiger partial charge is 0.325 e. The lowest BCUT2D eigenvalue weighted by Gasteiger charge is -2.19. The summed E-state index contributed by atoms with van der Waals surface area (Å²) in [5, 5.41) is 6.30. The number of amides is 2. The van der Waals surface area contributed by atoms with Gasteiger partial charge in [0, 0.05) is 26.9 Å². The Bertz CT molecular complexity index is 1110. The number of thioether (sulfide) groups is 1. The van der Waals surface area contributed by atoms with Crippen molar-refractivity contribution >= 4 is 46.6 Å². The molecule has 172 valence electrons. The Labute approximate surface area is 205 Å². The van der Waals surface area contributed by atoms with Gasteiger partial charge in [0.1, 0.15) is 0 Å². The van der Waals surface area contributed by atoms with Gasteiger partial charge in [-0.05, 0) is 72.0 Å². The van der Waals surface area contributed by atoms with E-state index in [-0.39, 0.29) is 22.5 Å².